The fraction of sp³-hybridized carbons (Fsp3) is 0.310. The average Bonchev–Trinajstić information content (AvgIpc) is 3.25. The lowest BCUT2D eigenvalue weighted by molar-refractivity contribution is 0.0953. The largest absolute Gasteiger partial charge is 0.493 e. The molecular weight excluding hydrogens is 454 g/mol. The maximum atomic E-state index is 12.7. The fourth-order valence-electron chi connectivity index (χ4n) is 4.20. The zero-order valence-corrected chi connectivity index (χ0v) is 21.3. The molecule has 0 aliphatic carbocycles. The molecule has 0 atom stereocenters. The zero-order chi connectivity index (χ0) is 25.5. The van der Waals surface area contributed by atoms with Crippen molar-refractivity contribution in [1.82, 2.24) is 14.9 Å². The summed E-state index contributed by atoms with van der Waals surface area (Å²) in [5, 5.41) is 2.99. The van der Waals surface area contributed by atoms with Gasteiger partial charge in [-0.3, -0.25) is 4.79 Å². The number of fused-ring (bicyclic) bond motifs is 1. The third-order valence-electron chi connectivity index (χ3n) is 6.14. The van der Waals surface area contributed by atoms with Gasteiger partial charge in [0.05, 0.1) is 31.9 Å². The van der Waals surface area contributed by atoms with E-state index in [1.807, 2.05) is 18.2 Å². The maximum absolute atomic E-state index is 12.7. The molecule has 1 aromatic heterocycles. The summed E-state index contributed by atoms with van der Waals surface area (Å²) in [6, 6.07) is 19.5. The van der Waals surface area contributed by atoms with E-state index in [-0.39, 0.29) is 5.91 Å². The minimum Gasteiger partial charge on any atom is -0.493 e. The van der Waals surface area contributed by atoms with Crippen molar-refractivity contribution in [3.63, 3.8) is 0 Å². The molecule has 7 nitrogen and oxygen atoms in total. The number of aryl methyl sites for hydroxylation is 3. The van der Waals surface area contributed by atoms with E-state index in [0.29, 0.717) is 36.6 Å². The van der Waals surface area contributed by atoms with Gasteiger partial charge in [0.25, 0.3) is 5.91 Å². The first-order chi connectivity index (χ1) is 17.5. The minimum atomic E-state index is -0.166. The first kappa shape index (κ1) is 25.1. The van der Waals surface area contributed by atoms with E-state index >= 15 is 0 Å². The summed E-state index contributed by atoms with van der Waals surface area (Å²) in [6.45, 7) is 6.00. The van der Waals surface area contributed by atoms with Gasteiger partial charge in [-0.2, -0.15) is 0 Å². The number of imidazole rings is 1. The number of carbonyl (C=O) groups is 1. The van der Waals surface area contributed by atoms with Crippen LogP contribution < -0.4 is 19.5 Å². The van der Waals surface area contributed by atoms with Crippen molar-refractivity contribution in [1.29, 1.82) is 0 Å². The summed E-state index contributed by atoms with van der Waals surface area (Å²) in [5.74, 6) is 2.82. The van der Waals surface area contributed by atoms with Gasteiger partial charge in [-0.15, -0.1) is 0 Å². The van der Waals surface area contributed by atoms with Crippen molar-refractivity contribution in [3.05, 3.63) is 83.2 Å². The molecule has 36 heavy (non-hydrogen) atoms. The highest BCUT2D eigenvalue weighted by atomic mass is 16.5. The molecule has 1 heterocycles. The molecule has 0 saturated heterocycles. The van der Waals surface area contributed by atoms with Crippen molar-refractivity contribution < 1.29 is 19.0 Å². The van der Waals surface area contributed by atoms with Gasteiger partial charge in [-0.1, -0.05) is 24.3 Å². The Morgan fingerprint density at radius 1 is 0.944 bits per heavy atom. The molecule has 7 heteroatoms. The van der Waals surface area contributed by atoms with E-state index in [2.05, 4.69) is 48.0 Å². The van der Waals surface area contributed by atoms with E-state index < -0.39 is 0 Å². The number of hydrogen-bond acceptors (Lipinski definition) is 5. The lowest BCUT2D eigenvalue weighted by atomic mass is 10.1. The van der Waals surface area contributed by atoms with Crippen molar-refractivity contribution in [2.45, 2.75) is 33.2 Å². The van der Waals surface area contributed by atoms with Crippen LogP contribution in [0, 0.1) is 13.8 Å². The van der Waals surface area contributed by atoms with Gasteiger partial charge in [0, 0.05) is 25.1 Å². The number of ether oxygens (including phenoxy) is 3. The number of carbonyl (C=O) groups excluding carboxylic acids is 1. The van der Waals surface area contributed by atoms with Crippen LogP contribution in [0.2, 0.25) is 0 Å². The van der Waals surface area contributed by atoms with Crippen molar-refractivity contribution in [3.8, 4) is 17.2 Å². The van der Waals surface area contributed by atoms with Crippen molar-refractivity contribution in [2.75, 3.05) is 27.4 Å². The number of benzene rings is 3. The molecule has 4 rings (SSSR count). The number of rotatable bonds is 11. The summed E-state index contributed by atoms with van der Waals surface area (Å²) in [4.78, 5) is 17.5. The van der Waals surface area contributed by atoms with E-state index in [9.17, 15) is 4.79 Å². The summed E-state index contributed by atoms with van der Waals surface area (Å²) in [6.07, 6.45) is 1.46. The molecule has 0 saturated carbocycles. The van der Waals surface area contributed by atoms with Crippen LogP contribution in [0.5, 0.6) is 17.2 Å². The Morgan fingerprint density at radius 2 is 1.75 bits per heavy atom. The number of methoxy groups -OCH3 is 2. The van der Waals surface area contributed by atoms with Crippen molar-refractivity contribution in [2.24, 2.45) is 0 Å². The highest BCUT2D eigenvalue weighted by molar-refractivity contribution is 5.94. The van der Waals surface area contributed by atoms with Crippen LogP contribution in [0.4, 0.5) is 0 Å². The summed E-state index contributed by atoms with van der Waals surface area (Å²) >= 11 is 0. The molecule has 0 fully saturated rings. The van der Waals surface area contributed by atoms with E-state index in [4.69, 9.17) is 19.2 Å². The number of hydrogen-bond donors (Lipinski definition) is 1. The van der Waals surface area contributed by atoms with E-state index in [1.165, 1.54) is 5.56 Å². The van der Waals surface area contributed by atoms with Gasteiger partial charge >= 0.3 is 0 Å². The predicted molar refractivity (Wildman–Crippen MR) is 141 cm³/mol. The van der Waals surface area contributed by atoms with Gasteiger partial charge in [0.15, 0.2) is 11.5 Å². The highest BCUT2D eigenvalue weighted by Gasteiger charge is 2.13. The predicted octanol–water partition coefficient (Wildman–Crippen LogP) is 5.11. The fourth-order valence-corrected chi connectivity index (χ4v) is 4.20. The van der Waals surface area contributed by atoms with Crippen LogP contribution in [0.1, 0.15) is 33.7 Å². The van der Waals surface area contributed by atoms with Crippen LogP contribution in [-0.4, -0.2) is 42.8 Å². The lowest BCUT2D eigenvalue weighted by Gasteiger charge is -2.13. The number of nitrogens with one attached hydrogen (secondary N) is 1. The molecule has 0 radical (unpaired) electrons. The molecule has 1 N–H and O–H groups in total. The second-order valence-electron chi connectivity index (χ2n) is 8.72. The Hall–Kier alpha value is -4.00. The summed E-state index contributed by atoms with van der Waals surface area (Å²) in [7, 11) is 3.12. The molecule has 0 bridgehead atoms. The van der Waals surface area contributed by atoms with Crippen LogP contribution in [0.25, 0.3) is 11.0 Å². The Bertz CT molecular complexity index is 1350. The molecule has 188 valence electrons. The number of aromatic nitrogens is 2. The smallest absolute Gasteiger partial charge is 0.251 e. The summed E-state index contributed by atoms with van der Waals surface area (Å²) in [5.41, 5.74) is 4.89. The first-order valence-electron chi connectivity index (χ1n) is 12.1. The van der Waals surface area contributed by atoms with Crippen LogP contribution in [0.15, 0.2) is 60.7 Å². The molecule has 0 spiro atoms. The Morgan fingerprint density at radius 3 is 2.56 bits per heavy atom. The number of para-hydroxylation sites is 2. The molecule has 1 amide bonds. The second-order valence-corrected chi connectivity index (χ2v) is 8.72. The molecule has 0 aliphatic rings. The molecule has 4 aromatic rings. The highest BCUT2D eigenvalue weighted by Crippen LogP contribution is 2.27. The van der Waals surface area contributed by atoms with Crippen LogP contribution >= 0.6 is 0 Å². The van der Waals surface area contributed by atoms with Gasteiger partial charge in [-0.05, 0) is 67.8 Å². The van der Waals surface area contributed by atoms with E-state index in [1.54, 1.807) is 32.4 Å². The van der Waals surface area contributed by atoms with Gasteiger partial charge in [-0.25, -0.2) is 4.98 Å². The molecule has 0 aliphatic heterocycles. The number of amides is 1. The Balaban J connectivity index is 1.39. The first-order valence-corrected chi connectivity index (χ1v) is 12.1. The summed E-state index contributed by atoms with van der Waals surface area (Å²) < 4.78 is 18.8. The van der Waals surface area contributed by atoms with Crippen LogP contribution in [-0.2, 0) is 13.0 Å². The van der Waals surface area contributed by atoms with E-state index in [0.717, 1.165) is 41.1 Å². The monoisotopic (exact) mass is 487 g/mol. The van der Waals surface area contributed by atoms with Crippen molar-refractivity contribution >= 4 is 16.9 Å². The Kier molecular flexibility index (Phi) is 8.10. The van der Waals surface area contributed by atoms with Crippen LogP contribution in [0.3, 0.4) is 0 Å². The maximum Gasteiger partial charge on any atom is 0.251 e. The number of nitrogens with zero attached hydrogens (tertiary/aromatic N) is 2. The third-order valence-corrected chi connectivity index (χ3v) is 6.14. The normalized spacial score (nSPS) is 10.9. The SMILES string of the molecule is COc1ccc(C(=O)NCCc2nc3ccccc3n2CCCOc2cc(C)ccc2C)cc1OC. The molecule has 0 unspecified atom stereocenters. The molecular formula is C29H33N3O4. The minimum absolute atomic E-state index is 0.166. The Labute approximate surface area is 212 Å². The lowest BCUT2D eigenvalue weighted by Crippen LogP contribution is -2.26. The van der Waals surface area contributed by atoms with Gasteiger partial charge < -0.3 is 24.1 Å². The molecule has 3 aromatic carbocycles. The zero-order valence-electron chi connectivity index (χ0n) is 21.3. The average molecular weight is 488 g/mol. The topological polar surface area (TPSA) is 74.6 Å². The standard InChI is InChI=1S/C29H33N3O4/c1-20-10-11-21(2)26(18-20)36-17-7-16-32-24-9-6-5-8-23(24)31-28(32)14-15-30-29(33)22-12-13-25(34-3)27(19-22)35-4/h5-6,8-13,18-19H,7,14-17H2,1-4H3,(H,30,33). The third kappa shape index (κ3) is 5.79. The quantitative estimate of drug-likeness (QED) is 0.298. The second kappa shape index (κ2) is 11.6. The van der Waals surface area contributed by atoms with Gasteiger partial charge in [0.1, 0.15) is 11.6 Å². The van der Waals surface area contributed by atoms with Gasteiger partial charge in [0.2, 0.25) is 0 Å².